The molecule has 0 aliphatic heterocycles. The van der Waals surface area contributed by atoms with Crippen LogP contribution < -0.4 is 10.1 Å². The molecule has 1 N–H and O–H groups in total. The molecule has 4 aromatic rings. The van der Waals surface area contributed by atoms with Gasteiger partial charge < -0.3 is 14.6 Å². The summed E-state index contributed by atoms with van der Waals surface area (Å²) in [7, 11) is 0. The molecular formula is C30H28F7N5O2. The van der Waals surface area contributed by atoms with Crippen LogP contribution >= 0.6 is 0 Å². The summed E-state index contributed by atoms with van der Waals surface area (Å²) in [6.07, 6.45) is -6.62. The number of rotatable bonds is 9. The zero-order valence-corrected chi connectivity index (χ0v) is 23.9. The van der Waals surface area contributed by atoms with Gasteiger partial charge in [0.25, 0.3) is 0 Å². The fourth-order valence-corrected chi connectivity index (χ4v) is 5.20. The Balaban J connectivity index is 1.76. The van der Waals surface area contributed by atoms with Gasteiger partial charge in [-0.3, -0.25) is 4.79 Å². The van der Waals surface area contributed by atoms with E-state index in [4.69, 9.17) is 0 Å². The molecule has 14 heteroatoms. The first-order valence-electron chi connectivity index (χ1n) is 13.9. The topological polar surface area (TPSA) is 81.9 Å². The van der Waals surface area contributed by atoms with Gasteiger partial charge in [0.05, 0.1) is 11.1 Å². The zero-order valence-electron chi connectivity index (χ0n) is 23.9. The number of hydrogen-bond acceptors (Lipinski definition) is 6. The summed E-state index contributed by atoms with van der Waals surface area (Å²) in [6, 6.07) is 6.36. The molecule has 1 saturated carbocycles. The maximum absolute atomic E-state index is 14.6. The van der Waals surface area contributed by atoms with Gasteiger partial charge in [-0.15, -0.1) is 13.2 Å². The minimum Gasteiger partial charge on any atom is -0.405 e. The molecule has 0 bridgehead atoms. The molecule has 5 rings (SSSR count). The standard InChI is InChI=1S/C30H28F7N5O2/c1-15(2)19-8-10-23(44-30(35,36)37)20(12-19)28-41-27-25(26(39-24(14-43)40-27)38-16(3)18-5-4-6-18)42(28)13-17-7-9-21(22(31)11-17)29(32,33)34/h7-12,14-16,18H,4-6,13H2,1-3H3,(H,38,39,40). The molecule has 7 nitrogen and oxygen atoms in total. The van der Waals surface area contributed by atoms with Crippen molar-refractivity contribution in [1.82, 2.24) is 19.5 Å². The number of aromatic nitrogens is 4. The molecule has 1 unspecified atom stereocenters. The van der Waals surface area contributed by atoms with E-state index in [1.54, 1.807) is 0 Å². The lowest BCUT2D eigenvalue weighted by atomic mass is 9.80. The third kappa shape index (κ3) is 6.48. The highest BCUT2D eigenvalue weighted by Gasteiger charge is 2.35. The lowest BCUT2D eigenvalue weighted by Gasteiger charge is -2.32. The Hall–Kier alpha value is -4.23. The van der Waals surface area contributed by atoms with Crippen LogP contribution in [0.4, 0.5) is 36.6 Å². The molecular weight excluding hydrogens is 595 g/mol. The monoisotopic (exact) mass is 623 g/mol. The Bertz CT molecular complexity index is 1690. The number of anilines is 1. The van der Waals surface area contributed by atoms with Crippen LogP contribution in [0.25, 0.3) is 22.6 Å². The fraction of sp³-hybridized carbons (Fsp3) is 0.400. The van der Waals surface area contributed by atoms with E-state index in [2.05, 4.69) is 25.0 Å². The van der Waals surface area contributed by atoms with Gasteiger partial charge in [0.2, 0.25) is 0 Å². The molecule has 1 fully saturated rings. The number of carbonyl (C=O) groups excluding carboxylic acids is 1. The van der Waals surface area contributed by atoms with Crippen LogP contribution in [0.3, 0.4) is 0 Å². The highest BCUT2D eigenvalue weighted by molar-refractivity contribution is 5.90. The number of nitrogens with one attached hydrogen (secondary N) is 1. The van der Waals surface area contributed by atoms with Crippen LogP contribution in [0.1, 0.15) is 73.3 Å². The summed E-state index contributed by atoms with van der Waals surface area (Å²) in [5.74, 6) is -2.09. The molecule has 1 atom stereocenters. The lowest BCUT2D eigenvalue weighted by molar-refractivity contribution is -0.274. The summed E-state index contributed by atoms with van der Waals surface area (Å²) in [5, 5.41) is 3.27. The van der Waals surface area contributed by atoms with Crippen LogP contribution in [0, 0.1) is 11.7 Å². The summed E-state index contributed by atoms with van der Waals surface area (Å²) in [5.41, 5.74) is -0.731. The number of imidazole rings is 1. The van der Waals surface area contributed by atoms with E-state index in [0.717, 1.165) is 31.4 Å². The van der Waals surface area contributed by atoms with Crippen molar-refractivity contribution in [2.75, 3.05) is 5.32 Å². The molecule has 1 aliphatic carbocycles. The second-order valence-corrected chi connectivity index (χ2v) is 11.1. The van der Waals surface area contributed by atoms with E-state index in [0.29, 0.717) is 29.9 Å². The predicted molar refractivity (Wildman–Crippen MR) is 148 cm³/mol. The molecule has 234 valence electrons. The summed E-state index contributed by atoms with van der Waals surface area (Å²) >= 11 is 0. The van der Waals surface area contributed by atoms with Gasteiger partial charge in [0.15, 0.2) is 23.6 Å². The second-order valence-electron chi connectivity index (χ2n) is 11.1. The van der Waals surface area contributed by atoms with Gasteiger partial charge in [0, 0.05) is 12.6 Å². The third-order valence-corrected chi connectivity index (χ3v) is 7.76. The van der Waals surface area contributed by atoms with Crippen molar-refractivity contribution < 1.29 is 40.3 Å². The van der Waals surface area contributed by atoms with Gasteiger partial charge in [-0.05, 0) is 67.0 Å². The molecule has 2 heterocycles. The van der Waals surface area contributed by atoms with E-state index in [1.165, 1.54) is 16.7 Å². The first kappa shape index (κ1) is 31.2. The number of ether oxygens (including phenoxy) is 1. The van der Waals surface area contributed by atoms with Gasteiger partial charge in [-0.25, -0.2) is 19.3 Å². The number of benzene rings is 2. The molecule has 2 aromatic heterocycles. The van der Waals surface area contributed by atoms with E-state index < -0.39 is 29.7 Å². The molecule has 0 saturated heterocycles. The molecule has 0 radical (unpaired) electrons. The van der Waals surface area contributed by atoms with Gasteiger partial charge in [0.1, 0.15) is 22.9 Å². The van der Waals surface area contributed by atoms with E-state index >= 15 is 0 Å². The number of aldehydes is 1. The normalized spacial score (nSPS) is 15.0. The van der Waals surface area contributed by atoms with Crippen LogP contribution in [-0.4, -0.2) is 38.2 Å². The number of halogens is 7. The zero-order chi connectivity index (χ0) is 32.0. The second kappa shape index (κ2) is 11.7. The van der Waals surface area contributed by atoms with Crippen LogP contribution in [0.15, 0.2) is 36.4 Å². The SMILES string of the molecule is CC(C)c1ccc(OC(F)(F)F)c(-c2nc3nc(C=O)nc(NC(C)C4CCC4)c3n2Cc2ccc(C(F)(F)F)c(F)c2)c1. The van der Waals surface area contributed by atoms with E-state index in [1.807, 2.05) is 20.8 Å². The van der Waals surface area contributed by atoms with Crippen LogP contribution in [-0.2, 0) is 12.7 Å². The predicted octanol–water partition coefficient (Wildman–Crippen LogP) is 8.13. The molecule has 1 aliphatic rings. The first-order chi connectivity index (χ1) is 20.6. The Morgan fingerprint density at radius 2 is 1.75 bits per heavy atom. The maximum atomic E-state index is 14.6. The number of nitrogens with zero attached hydrogens (tertiary/aromatic N) is 4. The van der Waals surface area contributed by atoms with Crippen molar-refractivity contribution in [2.45, 2.75) is 71.1 Å². The minimum atomic E-state index is -5.06. The number of fused-ring (bicyclic) bond motifs is 1. The van der Waals surface area contributed by atoms with Crippen molar-refractivity contribution in [2.24, 2.45) is 5.92 Å². The lowest BCUT2D eigenvalue weighted by Crippen LogP contribution is -2.31. The van der Waals surface area contributed by atoms with Crippen molar-refractivity contribution in [3.63, 3.8) is 0 Å². The molecule has 2 aromatic carbocycles. The Kier molecular flexibility index (Phi) is 8.29. The Morgan fingerprint density at radius 3 is 2.32 bits per heavy atom. The largest absolute Gasteiger partial charge is 0.573 e. The van der Waals surface area contributed by atoms with Crippen LogP contribution in [0.5, 0.6) is 5.75 Å². The highest BCUT2D eigenvalue weighted by atomic mass is 19.4. The fourth-order valence-electron chi connectivity index (χ4n) is 5.20. The third-order valence-electron chi connectivity index (χ3n) is 7.76. The van der Waals surface area contributed by atoms with Gasteiger partial charge >= 0.3 is 12.5 Å². The van der Waals surface area contributed by atoms with Gasteiger partial charge in [-0.1, -0.05) is 32.4 Å². The molecule has 0 amide bonds. The Morgan fingerprint density at radius 1 is 1.02 bits per heavy atom. The maximum Gasteiger partial charge on any atom is 0.573 e. The summed E-state index contributed by atoms with van der Waals surface area (Å²) in [4.78, 5) is 24.7. The average molecular weight is 624 g/mol. The van der Waals surface area contributed by atoms with E-state index in [9.17, 15) is 35.5 Å². The number of carbonyl (C=O) groups is 1. The summed E-state index contributed by atoms with van der Waals surface area (Å²) < 4.78 is 101. The van der Waals surface area contributed by atoms with Crippen molar-refractivity contribution in [3.05, 3.63) is 64.7 Å². The number of alkyl halides is 6. The first-order valence-corrected chi connectivity index (χ1v) is 13.9. The minimum absolute atomic E-state index is 0.0549. The summed E-state index contributed by atoms with van der Waals surface area (Å²) in [6.45, 7) is 5.27. The molecule has 44 heavy (non-hydrogen) atoms. The Labute approximate surface area is 247 Å². The van der Waals surface area contributed by atoms with Crippen molar-refractivity contribution in [3.8, 4) is 17.1 Å². The highest BCUT2D eigenvalue weighted by Crippen LogP contribution is 2.40. The van der Waals surface area contributed by atoms with Crippen LogP contribution in [0.2, 0.25) is 0 Å². The molecule has 0 spiro atoms. The quantitative estimate of drug-likeness (QED) is 0.150. The smallest absolute Gasteiger partial charge is 0.405 e. The van der Waals surface area contributed by atoms with Gasteiger partial charge in [-0.2, -0.15) is 13.2 Å². The average Bonchev–Trinajstić information content (AvgIpc) is 3.24. The van der Waals surface area contributed by atoms with Crippen molar-refractivity contribution >= 4 is 23.3 Å². The number of hydrogen-bond donors (Lipinski definition) is 1. The van der Waals surface area contributed by atoms with Crippen molar-refractivity contribution in [1.29, 1.82) is 0 Å². The van der Waals surface area contributed by atoms with E-state index in [-0.39, 0.29) is 58.3 Å².